The standard InChI is InChI=1S/C20H20Cl2N2O4/c1-19(11-20(19,21)22)18(26)24-14-10-15(27-2)13(9-16(14)28-3)23-17(25)12-7-5-4-6-8-12/h4-10H,11H2,1-3H3,(H,23,25)(H,24,26)/t19-/m1/s1. The highest BCUT2D eigenvalue weighted by Crippen LogP contribution is 2.64. The van der Waals surface area contributed by atoms with Crippen molar-refractivity contribution in [2.24, 2.45) is 5.41 Å². The molecule has 2 aromatic rings. The summed E-state index contributed by atoms with van der Waals surface area (Å²) in [6, 6.07) is 11.9. The predicted octanol–water partition coefficient (Wildman–Crippen LogP) is 4.48. The molecule has 1 saturated carbocycles. The van der Waals surface area contributed by atoms with Gasteiger partial charge in [0, 0.05) is 17.7 Å². The highest BCUT2D eigenvalue weighted by molar-refractivity contribution is 6.53. The van der Waals surface area contributed by atoms with Crippen molar-refractivity contribution in [1.82, 2.24) is 0 Å². The van der Waals surface area contributed by atoms with Crippen LogP contribution in [0.4, 0.5) is 11.4 Å². The van der Waals surface area contributed by atoms with Crippen LogP contribution in [0.25, 0.3) is 0 Å². The van der Waals surface area contributed by atoms with Gasteiger partial charge in [-0.05, 0) is 25.5 Å². The number of halogens is 2. The number of methoxy groups -OCH3 is 2. The van der Waals surface area contributed by atoms with Crippen LogP contribution in [0.5, 0.6) is 11.5 Å². The summed E-state index contributed by atoms with van der Waals surface area (Å²) in [7, 11) is 2.93. The summed E-state index contributed by atoms with van der Waals surface area (Å²) in [6.07, 6.45) is 0.361. The molecule has 2 N–H and O–H groups in total. The third-order valence-electron chi connectivity index (χ3n) is 4.81. The number of benzene rings is 2. The van der Waals surface area contributed by atoms with Crippen LogP contribution < -0.4 is 20.1 Å². The molecule has 8 heteroatoms. The number of carbonyl (C=O) groups is 2. The van der Waals surface area contributed by atoms with Crippen molar-refractivity contribution < 1.29 is 19.1 Å². The number of rotatable bonds is 6. The summed E-state index contributed by atoms with van der Waals surface area (Å²) in [5.41, 5.74) is 0.421. The van der Waals surface area contributed by atoms with Crippen LogP contribution in [-0.4, -0.2) is 30.4 Å². The summed E-state index contributed by atoms with van der Waals surface area (Å²) >= 11 is 12.2. The summed E-state index contributed by atoms with van der Waals surface area (Å²) in [5, 5.41) is 5.57. The minimum atomic E-state index is -1.09. The van der Waals surface area contributed by atoms with Crippen LogP contribution in [0, 0.1) is 5.41 Å². The smallest absolute Gasteiger partial charge is 0.255 e. The van der Waals surface area contributed by atoms with Crippen molar-refractivity contribution in [3.8, 4) is 11.5 Å². The van der Waals surface area contributed by atoms with E-state index in [1.54, 1.807) is 43.3 Å². The molecule has 0 radical (unpaired) electrons. The molecule has 0 bridgehead atoms. The molecule has 148 valence electrons. The zero-order chi connectivity index (χ0) is 20.5. The molecule has 1 atom stereocenters. The van der Waals surface area contributed by atoms with Gasteiger partial charge in [0.15, 0.2) is 0 Å². The molecule has 6 nitrogen and oxygen atoms in total. The average molecular weight is 423 g/mol. The fourth-order valence-electron chi connectivity index (χ4n) is 2.78. The lowest BCUT2D eigenvalue weighted by Crippen LogP contribution is -2.26. The molecule has 2 aromatic carbocycles. The van der Waals surface area contributed by atoms with Crippen LogP contribution in [0.1, 0.15) is 23.7 Å². The van der Waals surface area contributed by atoms with E-state index in [9.17, 15) is 9.59 Å². The van der Waals surface area contributed by atoms with E-state index in [2.05, 4.69) is 10.6 Å². The van der Waals surface area contributed by atoms with Crippen molar-refractivity contribution in [2.75, 3.05) is 24.9 Å². The minimum absolute atomic E-state index is 0.294. The second-order valence-electron chi connectivity index (χ2n) is 6.74. The molecular formula is C20H20Cl2N2O4. The minimum Gasteiger partial charge on any atom is -0.494 e. The molecule has 0 aliphatic heterocycles. The van der Waals surface area contributed by atoms with Crippen molar-refractivity contribution in [3.63, 3.8) is 0 Å². The van der Waals surface area contributed by atoms with E-state index < -0.39 is 9.75 Å². The summed E-state index contributed by atoms with van der Waals surface area (Å²) in [4.78, 5) is 25.0. The maximum absolute atomic E-state index is 12.6. The van der Waals surface area contributed by atoms with Crippen LogP contribution in [0.2, 0.25) is 0 Å². The first kappa shape index (κ1) is 20.3. The van der Waals surface area contributed by atoms with E-state index in [1.165, 1.54) is 14.2 Å². The summed E-state index contributed by atoms with van der Waals surface area (Å²) < 4.78 is 9.66. The first-order chi connectivity index (χ1) is 13.2. The van der Waals surface area contributed by atoms with E-state index in [1.807, 2.05) is 6.07 Å². The Bertz CT molecular complexity index is 918. The number of ether oxygens (including phenoxy) is 2. The summed E-state index contributed by atoms with van der Waals surface area (Å²) in [6.45, 7) is 1.69. The van der Waals surface area contributed by atoms with Gasteiger partial charge in [0.2, 0.25) is 5.91 Å². The number of hydrogen-bond acceptors (Lipinski definition) is 4. The maximum Gasteiger partial charge on any atom is 0.255 e. The number of carbonyl (C=O) groups excluding carboxylic acids is 2. The molecule has 0 heterocycles. The van der Waals surface area contributed by atoms with Crippen molar-refractivity contribution in [1.29, 1.82) is 0 Å². The van der Waals surface area contributed by atoms with Gasteiger partial charge in [-0.1, -0.05) is 18.2 Å². The lowest BCUT2D eigenvalue weighted by atomic mass is 10.1. The zero-order valence-corrected chi connectivity index (χ0v) is 17.1. The Morgan fingerprint density at radius 3 is 1.93 bits per heavy atom. The first-order valence-corrected chi connectivity index (χ1v) is 9.29. The van der Waals surface area contributed by atoms with Gasteiger partial charge in [0.1, 0.15) is 15.8 Å². The Morgan fingerprint density at radius 1 is 0.964 bits per heavy atom. The van der Waals surface area contributed by atoms with E-state index in [-0.39, 0.29) is 11.8 Å². The Labute approximate surface area is 173 Å². The normalized spacial score (nSPS) is 19.5. The topological polar surface area (TPSA) is 76.7 Å². The quantitative estimate of drug-likeness (QED) is 0.672. The highest BCUT2D eigenvalue weighted by atomic mass is 35.5. The van der Waals surface area contributed by atoms with E-state index >= 15 is 0 Å². The molecule has 28 heavy (non-hydrogen) atoms. The van der Waals surface area contributed by atoms with Gasteiger partial charge in [-0.2, -0.15) is 0 Å². The number of amides is 2. The summed E-state index contributed by atoms with van der Waals surface area (Å²) in [5.74, 6) is 0.108. The molecule has 0 spiro atoms. The third kappa shape index (κ3) is 3.75. The molecule has 0 unspecified atom stereocenters. The Morgan fingerprint density at radius 2 is 1.46 bits per heavy atom. The molecule has 1 aliphatic rings. The van der Waals surface area contributed by atoms with E-state index in [0.29, 0.717) is 34.9 Å². The molecule has 2 amide bonds. The Hall–Kier alpha value is -2.44. The van der Waals surface area contributed by atoms with Gasteiger partial charge in [0.25, 0.3) is 5.91 Å². The van der Waals surface area contributed by atoms with Crippen molar-refractivity contribution in [2.45, 2.75) is 17.7 Å². The van der Waals surface area contributed by atoms with Crippen molar-refractivity contribution in [3.05, 3.63) is 48.0 Å². The first-order valence-electron chi connectivity index (χ1n) is 8.53. The molecule has 1 fully saturated rings. The SMILES string of the molecule is COc1cc(NC(=O)[C@@]2(C)CC2(Cl)Cl)c(OC)cc1NC(=O)c1ccccc1. The zero-order valence-electron chi connectivity index (χ0n) is 15.6. The highest BCUT2D eigenvalue weighted by Gasteiger charge is 2.68. The van der Waals surface area contributed by atoms with Gasteiger partial charge < -0.3 is 20.1 Å². The predicted molar refractivity (Wildman–Crippen MR) is 110 cm³/mol. The third-order valence-corrected chi connectivity index (χ3v) is 5.91. The fraction of sp³-hybridized carbons (Fsp3) is 0.300. The fourth-order valence-corrected chi connectivity index (χ4v) is 3.49. The largest absolute Gasteiger partial charge is 0.494 e. The number of anilines is 2. The number of nitrogens with one attached hydrogen (secondary N) is 2. The van der Waals surface area contributed by atoms with Crippen molar-refractivity contribution >= 4 is 46.4 Å². The molecule has 0 saturated heterocycles. The van der Waals surface area contributed by atoms with Gasteiger partial charge in [-0.25, -0.2) is 0 Å². The lowest BCUT2D eigenvalue weighted by molar-refractivity contribution is -0.120. The van der Waals surface area contributed by atoms with Gasteiger partial charge >= 0.3 is 0 Å². The lowest BCUT2D eigenvalue weighted by Gasteiger charge is -2.18. The molecule has 3 rings (SSSR count). The number of alkyl halides is 2. The molecule has 0 aromatic heterocycles. The average Bonchev–Trinajstić information content (AvgIpc) is 3.22. The second kappa shape index (κ2) is 7.53. The van der Waals surface area contributed by atoms with Crippen LogP contribution in [-0.2, 0) is 4.79 Å². The van der Waals surface area contributed by atoms with Gasteiger partial charge in [0.05, 0.1) is 31.0 Å². The van der Waals surface area contributed by atoms with Crippen LogP contribution >= 0.6 is 23.2 Å². The molecule has 1 aliphatic carbocycles. The van der Waals surface area contributed by atoms with E-state index in [4.69, 9.17) is 32.7 Å². The Kier molecular flexibility index (Phi) is 5.46. The second-order valence-corrected chi connectivity index (χ2v) is 8.22. The maximum atomic E-state index is 12.6. The van der Waals surface area contributed by atoms with Gasteiger partial charge in [-0.3, -0.25) is 9.59 Å². The van der Waals surface area contributed by atoms with Gasteiger partial charge in [-0.15, -0.1) is 23.2 Å². The van der Waals surface area contributed by atoms with E-state index in [0.717, 1.165) is 0 Å². The van der Waals surface area contributed by atoms with Crippen LogP contribution in [0.3, 0.4) is 0 Å². The number of hydrogen-bond donors (Lipinski definition) is 2. The van der Waals surface area contributed by atoms with Crippen LogP contribution in [0.15, 0.2) is 42.5 Å². The monoisotopic (exact) mass is 422 g/mol. The Balaban J connectivity index is 1.86. The molecular weight excluding hydrogens is 403 g/mol.